The third-order valence-corrected chi connectivity index (χ3v) is 5.03. The average molecular weight is 348 g/mol. The Bertz CT molecular complexity index is 419. The van der Waals surface area contributed by atoms with Gasteiger partial charge in [0.2, 0.25) is 0 Å². The van der Waals surface area contributed by atoms with Crippen LogP contribution in [-0.4, -0.2) is 5.25 Å². The Labute approximate surface area is 126 Å². The summed E-state index contributed by atoms with van der Waals surface area (Å²) in [6.07, 6.45) is 0. The van der Waals surface area contributed by atoms with E-state index in [1.54, 1.807) is 16.1 Å². The van der Waals surface area contributed by atoms with Gasteiger partial charge in [-0.15, -0.1) is 0 Å². The molecule has 2 aliphatic rings. The van der Waals surface area contributed by atoms with Crippen molar-refractivity contribution in [2.24, 2.45) is 0 Å². The van der Waals surface area contributed by atoms with Gasteiger partial charge in [0.05, 0.1) is 0 Å². The van der Waals surface area contributed by atoms with Crippen molar-refractivity contribution >= 4 is 39.7 Å². The Morgan fingerprint density at radius 3 is 1.82 bits per heavy atom. The van der Waals surface area contributed by atoms with Crippen molar-refractivity contribution in [3.05, 3.63) is 32.8 Å². The fourth-order valence-corrected chi connectivity index (χ4v) is 3.70. The van der Waals surface area contributed by atoms with E-state index < -0.39 is 14.7 Å². The molecule has 1 aliphatic carbocycles. The summed E-state index contributed by atoms with van der Waals surface area (Å²) in [5.74, 6) is 0. The Balaban J connectivity index is 0.000000317. The van der Waals surface area contributed by atoms with E-state index in [0.717, 1.165) is 5.25 Å². The van der Waals surface area contributed by atoms with E-state index in [9.17, 15) is 0 Å². The normalized spacial score (nSPS) is 22.9. The van der Waals surface area contributed by atoms with Crippen molar-refractivity contribution in [1.29, 1.82) is 0 Å². The molecule has 0 nitrogen and oxygen atoms in total. The van der Waals surface area contributed by atoms with Crippen LogP contribution in [0.2, 0.25) is 0 Å². The summed E-state index contributed by atoms with van der Waals surface area (Å²) in [6, 6.07) is 0. The van der Waals surface area contributed by atoms with Crippen molar-refractivity contribution in [1.82, 2.24) is 0 Å². The second kappa shape index (κ2) is 6.54. The first-order chi connectivity index (χ1) is 7.77. The SMILES string of the molecule is CC1=C(C)C2=C(C)C(C)[SH+]C2=C1C.[Cl][Ti]([Cl])[Cl]. The van der Waals surface area contributed by atoms with Gasteiger partial charge in [-0.3, -0.25) is 0 Å². The van der Waals surface area contributed by atoms with Crippen LogP contribution in [0.15, 0.2) is 32.8 Å². The molecule has 0 saturated heterocycles. The quantitative estimate of drug-likeness (QED) is 0.320. The van der Waals surface area contributed by atoms with Crippen LogP contribution >= 0.6 is 27.9 Å². The first-order valence-corrected chi connectivity index (χ1v) is 12.8. The number of hydrogen-bond donors (Lipinski definition) is 0. The molecule has 2 rings (SSSR count). The summed E-state index contributed by atoms with van der Waals surface area (Å²) in [4.78, 5) is 1.60. The fourth-order valence-electron chi connectivity index (χ4n) is 2.15. The van der Waals surface area contributed by atoms with E-state index in [4.69, 9.17) is 27.9 Å². The molecule has 0 bridgehead atoms. The Morgan fingerprint density at radius 1 is 0.941 bits per heavy atom. The van der Waals surface area contributed by atoms with Gasteiger partial charge in [0.1, 0.15) is 5.25 Å². The molecule has 95 valence electrons. The van der Waals surface area contributed by atoms with Crippen LogP contribution in [0, 0.1) is 0 Å². The van der Waals surface area contributed by atoms with Gasteiger partial charge < -0.3 is 0 Å². The van der Waals surface area contributed by atoms with Gasteiger partial charge >= 0.3 is 42.6 Å². The third-order valence-electron chi connectivity index (χ3n) is 3.44. The minimum absolute atomic E-state index is 0.739. The molecule has 0 spiro atoms. The van der Waals surface area contributed by atoms with E-state index in [2.05, 4.69) is 34.6 Å². The number of halogens is 3. The first kappa shape index (κ1) is 16.2. The number of allylic oxidation sites excluding steroid dienone is 4. The summed E-state index contributed by atoms with van der Waals surface area (Å²) in [5.41, 5.74) is 7.71. The molecule has 0 aromatic heterocycles. The standard InChI is InChI=1S/C12H16S.3ClH.Ti/c1-6-7(2)11-9(4)10(5)13-12(11)8(6)3;;;;/h10H,1-5H3;3*1H;/q;;;;+3/p-2. The molecule has 1 unspecified atom stereocenters. The zero-order valence-corrected chi connectivity index (χ0v) is 15.4. The molecule has 17 heavy (non-hydrogen) atoms. The average Bonchev–Trinajstić information content (AvgIpc) is 2.61. The van der Waals surface area contributed by atoms with Crippen molar-refractivity contribution in [3.8, 4) is 0 Å². The van der Waals surface area contributed by atoms with E-state index in [1.165, 1.54) is 28.5 Å². The van der Waals surface area contributed by atoms with Crippen molar-refractivity contribution < 1.29 is 14.7 Å². The van der Waals surface area contributed by atoms with Crippen LogP contribution in [-0.2, 0) is 26.5 Å². The zero-order valence-electron chi connectivity index (χ0n) is 10.7. The molecule has 0 radical (unpaired) electrons. The molecule has 0 N–H and O–H groups in total. The number of rotatable bonds is 0. The Kier molecular flexibility index (Phi) is 6.24. The summed E-state index contributed by atoms with van der Waals surface area (Å²) >= 11 is -0.398. The molecule has 1 heterocycles. The monoisotopic (exact) mass is 346 g/mol. The topological polar surface area (TPSA) is 0 Å². The van der Waals surface area contributed by atoms with Crippen LogP contribution < -0.4 is 0 Å². The Hall–Kier alpha value is 1.15. The van der Waals surface area contributed by atoms with Crippen LogP contribution in [0.3, 0.4) is 0 Å². The molecule has 1 aliphatic heterocycles. The van der Waals surface area contributed by atoms with E-state index in [0.29, 0.717) is 0 Å². The summed E-state index contributed by atoms with van der Waals surface area (Å²) in [6.45, 7) is 11.4. The van der Waals surface area contributed by atoms with Gasteiger partial charge in [0.15, 0.2) is 4.91 Å². The molecule has 0 aromatic carbocycles. The van der Waals surface area contributed by atoms with Crippen LogP contribution in [0.25, 0.3) is 0 Å². The first-order valence-electron chi connectivity index (χ1n) is 5.41. The summed E-state index contributed by atoms with van der Waals surface area (Å²) < 4.78 is 0. The molecule has 5 heteroatoms. The zero-order chi connectivity index (χ0) is 13.3. The Morgan fingerprint density at radius 2 is 1.41 bits per heavy atom. The molecule has 0 amide bonds. The predicted octanol–water partition coefficient (Wildman–Crippen LogP) is 5.21. The van der Waals surface area contributed by atoms with Gasteiger partial charge in [0.25, 0.3) is 0 Å². The molecule has 0 fully saturated rings. The van der Waals surface area contributed by atoms with Gasteiger partial charge in [-0.25, -0.2) is 0 Å². The third kappa shape index (κ3) is 3.58. The minimum atomic E-state index is -1.92. The molecular weight excluding hydrogens is 330 g/mol. The number of hydrogen-bond acceptors (Lipinski definition) is 0. The second-order valence-electron chi connectivity index (χ2n) is 4.30. The van der Waals surface area contributed by atoms with E-state index in [1.807, 2.05) is 0 Å². The van der Waals surface area contributed by atoms with E-state index in [-0.39, 0.29) is 0 Å². The van der Waals surface area contributed by atoms with Gasteiger partial charge in [-0.05, 0) is 51.3 Å². The molecule has 0 saturated carbocycles. The maximum absolute atomic E-state index is 4.97. The van der Waals surface area contributed by atoms with Gasteiger partial charge in [-0.2, -0.15) is 0 Å². The molecule has 0 aromatic rings. The predicted molar refractivity (Wildman–Crippen MR) is 79.6 cm³/mol. The molecular formula is C12H17Cl3STi+. The number of thiol groups is 1. The van der Waals surface area contributed by atoms with Crippen LogP contribution in [0.4, 0.5) is 0 Å². The van der Waals surface area contributed by atoms with Crippen LogP contribution in [0.5, 0.6) is 0 Å². The molecule has 1 atom stereocenters. The van der Waals surface area contributed by atoms with Gasteiger partial charge in [-0.1, -0.05) is 0 Å². The summed E-state index contributed by atoms with van der Waals surface area (Å²) in [5, 5.41) is 0.739. The number of fused-ring (bicyclic) bond motifs is 1. The maximum atomic E-state index is 4.97. The van der Waals surface area contributed by atoms with Crippen molar-refractivity contribution in [3.63, 3.8) is 0 Å². The van der Waals surface area contributed by atoms with E-state index >= 15 is 0 Å². The van der Waals surface area contributed by atoms with Crippen molar-refractivity contribution in [2.75, 3.05) is 0 Å². The van der Waals surface area contributed by atoms with Crippen molar-refractivity contribution in [2.45, 2.75) is 39.9 Å². The second-order valence-corrected chi connectivity index (χ2v) is 13.5. The summed E-state index contributed by atoms with van der Waals surface area (Å²) in [7, 11) is 14.9. The van der Waals surface area contributed by atoms with Gasteiger partial charge in [0, 0.05) is 22.9 Å². The van der Waals surface area contributed by atoms with Crippen LogP contribution in [0.1, 0.15) is 34.6 Å². The fraction of sp³-hybridized carbons (Fsp3) is 0.500.